The SMILES string of the molecule is CC1(C)Cc2c(sc3c2c(N)[nH]c(=S)[n+]3Cc2ccccc2)CO1. The molecule has 0 unspecified atom stereocenters. The van der Waals surface area contributed by atoms with E-state index in [1.807, 2.05) is 18.2 Å². The molecule has 0 bridgehead atoms. The van der Waals surface area contributed by atoms with Crippen molar-refractivity contribution in [3.8, 4) is 0 Å². The Bertz CT molecular complexity index is 973. The first-order valence-corrected chi connectivity index (χ1v) is 9.21. The number of anilines is 1. The third-order valence-electron chi connectivity index (χ3n) is 4.45. The zero-order chi connectivity index (χ0) is 16.9. The van der Waals surface area contributed by atoms with Crippen molar-refractivity contribution in [1.82, 2.24) is 4.98 Å². The Balaban J connectivity index is 1.92. The van der Waals surface area contributed by atoms with Gasteiger partial charge in [0.05, 0.1) is 12.2 Å². The van der Waals surface area contributed by atoms with Gasteiger partial charge in [-0.15, -0.1) is 0 Å². The molecule has 1 aliphatic rings. The number of hydrogen-bond donors (Lipinski definition) is 2. The van der Waals surface area contributed by atoms with Crippen LogP contribution in [0.1, 0.15) is 29.9 Å². The predicted molar refractivity (Wildman–Crippen MR) is 99.7 cm³/mol. The number of nitrogens with one attached hydrogen (secondary N) is 1. The third kappa shape index (κ3) is 2.64. The van der Waals surface area contributed by atoms with Gasteiger partial charge in [-0.1, -0.05) is 41.7 Å². The van der Waals surface area contributed by atoms with Crippen molar-refractivity contribution in [1.29, 1.82) is 0 Å². The second-order valence-corrected chi connectivity index (χ2v) is 8.29. The average molecular weight is 359 g/mol. The van der Waals surface area contributed by atoms with Gasteiger partial charge in [-0.2, -0.15) is 0 Å². The molecule has 124 valence electrons. The summed E-state index contributed by atoms with van der Waals surface area (Å²) in [6, 6.07) is 10.4. The van der Waals surface area contributed by atoms with Gasteiger partial charge in [-0.05, 0) is 25.0 Å². The van der Waals surface area contributed by atoms with Gasteiger partial charge in [0.25, 0.3) is 0 Å². The molecule has 0 aliphatic carbocycles. The molecule has 4 nitrogen and oxygen atoms in total. The zero-order valence-electron chi connectivity index (χ0n) is 13.8. The van der Waals surface area contributed by atoms with E-state index >= 15 is 0 Å². The largest absolute Gasteiger partial charge is 0.370 e. The lowest BCUT2D eigenvalue weighted by Gasteiger charge is -2.29. The summed E-state index contributed by atoms with van der Waals surface area (Å²) in [4.78, 5) is 5.57. The number of nitrogens with two attached hydrogens (primary N) is 1. The molecule has 0 amide bonds. The summed E-state index contributed by atoms with van der Waals surface area (Å²) in [6.07, 6.45) is 0.864. The summed E-state index contributed by atoms with van der Waals surface area (Å²) < 4.78 is 8.77. The van der Waals surface area contributed by atoms with Gasteiger partial charge in [0.15, 0.2) is 4.83 Å². The Hall–Kier alpha value is -1.76. The summed E-state index contributed by atoms with van der Waals surface area (Å²) >= 11 is 7.30. The van der Waals surface area contributed by atoms with Crippen molar-refractivity contribution in [3.05, 3.63) is 51.1 Å². The molecular weight excluding hydrogens is 338 g/mol. The van der Waals surface area contributed by atoms with E-state index in [2.05, 4.69) is 35.5 Å². The fraction of sp³-hybridized carbons (Fsp3) is 0.333. The Morgan fingerprint density at radius 1 is 1.33 bits per heavy atom. The fourth-order valence-electron chi connectivity index (χ4n) is 3.25. The number of H-pyrrole nitrogens is 1. The van der Waals surface area contributed by atoms with Crippen molar-refractivity contribution in [2.24, 2.45) is 0 Å². The van der Waals surface area contributed by atoms with Crippen LogP contribution in [-0.2, 0) is 24.3 Å². The number of nitrogens with zero attached hydrogens (tertiary/aromatic N) is 1. The smallest absolute Gasteiger partial charge is 0.351 e. The molecule has 3 aromatic rings. The van der Waals surface area contributed by atoms with Crippen molar-refractivity contribution >= 4 is 39.6 Å². The maximum Gasteiger partial charge on any atom is 0.351 e. The summed E-state index contributed by atoms with van der Waals surface area (Å²) in [6.45, 7) is 5.62. The number of aromatic nitrogens is 2. The van der Waals surface area contributed by atoms with E-state index in [9.17, 15) is 0 Å². The molecule has 24 heavy (non-hydrogen) atoms. The number of benzene rings is 1. The highest BCUT2D eigenvalue weighted by atomic mass is 32.1. The highest BCUT2D eigenvalue weighted by Gasteiger charge is 2.32. The van der Waals surface area contributed by atoms with Crippen LogP contribution in [0.25, 0.3) is 10.2 Å². The molecule has 1 aromatic carbocycles. The predicted octanol–water partition coefficient (Wildman–Crippen LogP) is 3.73. The topological polar surface area (TPSA) is 54.9 Å². The average Bonchev–Trinajstić information content (AvgIpc) is 2.90. The molecular formula is C18H20N3OS2+. The number of thiophene rings is 1. The highest BCUT2D eigenvalue weighted by Crippen LogP contribution is 2.39. The van der Waals surface area contributed by atoms with Crippen LogP contribution in [0.4, 0.5) is 5.82 Å². The number of rotatable bonds is 2. The molecule has 0 atom stereocenters. The van der Waals surface area contributed by atoms with Gasteiger partial charge < -0.3 is 10.5 Å². The second kappa shape index (κ2) is 5.65. The van der Waals surface area contributed by atoms with Crippen LogP contribution in [0, 0.1) is 4.77 Å². The normalized spacial score (nSPS) is 16.2. The van der Waals surface area contributed by atoms with Gasteiger partial charge in [0.2, 0.25) is 5.82 Å². The lowest BCUT2D eigenvalue weighted by molar-refractivity contribution is -0.670. The van der Waals surface area contributed by atoms with Gasteiger partial charge in [-0.25, -0.2) is 9.55 Å². The molecule has 0 saturated carbocycles. The summed E-state index contributed by atoms with van der Waals surface area (Å²) in [7, 11) is 0. The molecule has 2 aromatic heterocycles. The molecule has 0 radical (unpaired) electrons. The number of aromatic amines is 1. The Morgan fingerprint density at radius 3 is 2.83 bits per heavy atom. The fourth-order valence-corrected chi connectivity index (χ4v) is 4.83. The number of ether oxygens (including phenoxy) is 1. The van der Waals surface area contributed by atoms with Crippen molar-refractivity contribution < 1.29 is 9.30 Å². The summed E-state index contributed by atoms with van der Waals surface area (Å²) in [5.41, 5.74) is 8.67. The van der Waals surface area contributed by atoms with Gasteiger partial charge >= 0.3 is 4.77 Å². The minimum atomic E-state index is -0.162. The number of nitrogen functional groups attached to an aromatic ring is 1. The quantitative estimate of drug-likeness (QED) is 0.542. The maximum atomic E-state index is 6.31. The number of fused-ring (bicyclic) bond motifs is 3. The Kier molecular flexibility index (Phi) is 3.71. The molecule has 0 fully saturated rings. The molecule has 6 heteroatoms. The minimum absolute atomic E-state index is 0.162. The van der Waals surface area contributed by atoms with Gasteiger partial charge in [-0.3, -0.25) is 0 Å². The molecule has 3 heterocycles. The third-order valence-corrected chi connectivity index (χ3v) is 6.00. The van der Waals surface area contributed by atoms with E-state index in [0.717, 1.165) is 23.2 Å². The van der Waals surface area contributed by atoms with Gasteiger partial charge in [0.1, 0.15) is 11.9 Å². The molecule has 0 saturated heterocycles. The molecule has 4 rings (SSSR count). The van der Waals surface area contributed by atoms with Crippen molar-refractivity contribution in [3.63, 3.8) is 0 Å². The standard InChI is InChI=1S/C18H19N3OS2/c1-18(2)8-12-13(10-22-18)24-16-14(12)15(19)20-17(23)21(16)9-11-6-4-3-5-7-11/h3-7H,8-10H2,1-2H3,(H2,19,20,23)/p+1. The van der Waals surface area contributed by atoms with Crippen LogP contribution in [0.5, 0.6) is 0 Å². The van der Waals surface area contributed by atoms with Crippen LogP contribution < -0.4 is 10.3 Å². The van der Waals surface area contributed by atoms with Crippen molar-refractivity contribution in [2.45, 2.75) is 39.0 Å². The summed E-state index contributed by atoms with van der Waals surface area (Å²) in [5.74, 6) is 0.662. The molecule has 3 N–H and O–H groups in total. The molecule has 1 aliphatic heterocycles. The van der Waals surface area contributed by atoms with Crippen LogP contribution in [0.2, 0.25) is 0 Å². The van der Waals surface area contributed by atoms with Gasteiger partial charge in [0, 0.05) is 23.5 Å². The highest BCUT2D eigenvalue weighted by molar-refractivity contribution is 7.71. The first kappa shape index (κ1) is 15.7. The maximum absolute atomic E-state index is 6.31. The minimum Gasteiger partial charge on any atom is -0.370 e. The second-order valence-electron chi connectivity index (χ2n) is 6.82. The first-order chi connectivity index (χ1) is 11.4. The zero-order valence-corrected chi connectivity index (χ0v) is 15.4. The van der Waals surface area contributed by atoms with E-state index in [1.54, 1.807) is 11.3 Å². The van der Waals surface area contributed by atoms with E-state index in [-0.39, 0.29) is 5.60 Å². The Labute approximate surface area is 149 Å². The van der Waals surface area contributed by atoms with E-state index < -0.39 is 0 Å². The lowest BCUT2D eigenvalue weighted by Crippen LogP contribution is -2.37. The van der Waals surface area contributed by atoms with Crippen molar-refractivity contribution in [2.75, 3.05) is 5.73 Å². The first-order valence-electron chi connectivity index (χ1n) is 7.98. The van der Waals surface area contributed by atoms with Crippen LogP contribution in [0.15, 0.2) is 30.3 Å². The van der Waals surface area contributed by atoms with E-state index in [0.29, 0.717) is 17.2 Å². The lowest BCUT2D eigenvalue weighted by atomic mass is 9.94. The number of hydrogen-bond acceptors (Lipinski definition) is 4. The van der Waals surface area contributed by atoms with Crippen LogP contribution in [-0.4, -0.2) is 10.6 Å². The Morgan fingerprint density at radius 2 is 2.08 bits per heavy atom. The summed E-state index contributed by atoms with van der Waals surface area (Å²) in [5, 5.41) is 1.11. The van der Waals surface area contributed by atoms with E-state index in [1.165, 1.54) is 16.0 Å². The monoisotopic (exact) mass is 358 g/mol. The van der Waals surface area contributed by atoms with Crippen LogP contribution >= 0.6 is 23.6 Å². The van der Waals surface area contributed by atoms with E-state index in [4.69, 9.17) is 22.7 Å². The molecule has 0 spiro atoms. The van der Waals surface area contributed by atoms with Crippen LogP contribution in [0.3, 0.4) is 0 Å².